The minimum Gasteiger partial charge on any atom is -0.461 e. The number of aliphatic hydroxyl groups excluding tert-OH is 1. The van der Waals surface area contributed by atoms with Crippen LogP contribution in [0.15, 0.2) is 0 Å². The zero-order valence-corrected chi connectivity index (χ0v) is 9.48. The highest BCUT2D eigenvalue weighted by molar-refractivity contribution is 5.75. The van der Waals surface area contributed by atoms with Crippen LogP contribution in [0.3, 0.4) is 0 Å². The van der Waals surface area contributed by atoms with Gasteiger partial charge in [-0.2, -0.15) is 0 Å². The van der Waals surface area contributed by atoms with Crippen molar-refractivity contribution in [2.45, 2.75) is 45.3 Å². The third kappa shape index (κ3) is 3.47. The normalized spacial score (nSPS) is 33.5. The number of ether oxygens (including phenoxy) is 1. The second kappa shape index (κ2) is 5.47. The van der Waals surface area contributed by atoms with Crippen molar-refractivity contribution in [3.63, 3.8) is 0 Å². The molecule has 15 heavy (non-hydrogen) atoms. The SMILES string of the molecule is CC1CCC(OC(=O)[C@H](N)CO)CC1C. The van der Waals surface area contributed by atoms with Gasteiger partial charge in [0.15, 0.2) is 0 Å². The molecule has 1 fully saturated rings. The molecule has 1 aliphatic rings. The molecule has 88 valence electrons. The summed E-state index contributed by atoms with van der Waals surface area (Å²) in [7, 11) is 0. The first kappa shape index (κ1) is 12.5. The van der Waals surface area contributed by atoms with Crippen LogP contribution >= 0.6 is 0 Å². The molecular weight excluding hydrogens is 194 g/mol. The molecule has 1 rings (SSSR count). The molecule has 4 heteroatoms. The second-order valence-corrected chi connectivity index (χ2v) is 4.62. The van der Waals surface area contributed by atoms with Gasteiger partial charge in [0.2, 0.25) is 0 Å². The summed E-state index contributed by atoms with van der Waals surface area (Å²) < 4.78 is 5.24. The van der Waals surface area contributed by atoms with E-state index in [1.54, 1.807) is 0 Å². The average Bonchev–Trinajstić information content (AvgIpc) is 2.22. The highest BCUT2D eigenvalue weighted by Gasteiger charge is 2.28. The van der Waals surface area contributed by atoms with E-state index in [9.17, 15) is 4.79 Å². The molecule has 1 saturated carbocycles. The van der Waals surface area contributed by atoms with E-state index < -0.39 is 12.0 Å². The van der Waals surface area contributed by atoms with Crippen molar-refractivity contribution >= 4 is 5.97 Å². The van der Waals surface area contributed by atoms with Crippen LogP contribution in [-0.2, 0) is 9.53 Å². The molecule has 1 aliphatic carbocycles. The van der Waals surface area contributed by atoms with Crippen molar-refractivity contribution < 1.29 is 14.6 Å². The Morgan fingerprint density at radius 2 is 2.13 bits per heavy atom. The van der Waals surface area contributed by atoms with Crippen molar-refractivity contribution in [3.8, 4) is 0 Å². The number of hydrogen-bond acceptors (Lipinski definition) is 4. The predicted octanol–water partition coefficient (Wildman–Crippen LogP) is 0.674. The number of aliphatic hydroxyl groups is 1. The molecule has 0 saturated heterocycles. The zero-order valence-electron chi connectivity index (χ0n) is 9.48. The quantitative estimate of drug-likeness (QED) is 0.679. The molecule has 3 N–H and O–H groups in total. The van der Waals surface area contributed by atoms with Crippen LogP contribution in [-0.4, -0.2) is 29.8 Å². The highest BCUT2D eigenvalue weighted by atomic mass is 16.5. The predicted molar refractivity (Wildman–Crippen MR) is 57.1 cm³/mol. The van der Waals surface area contributed by atoms with Crippen molar-refractivity contribution in [2.75, 3.05) is 6.61 Å². The molecule has 0 aliphatic heterocycles. The van der Waals surface area contributed by atoms with Gasteiger partial charge in [-0.15, -0.1) is 0 Å². The number of esters is 1. The average molecular weight is 215 g/mol. The van der Waals surface area contributed by atoms with Gasteiger partial charge in [0, 0.05) is 0 Å². The fourth-order valence-corrected chi connectivity index (χ4v) is 1.93. The Morgan fingerprint density at radius 3 is 2.67 bits per heavy atom. The summed E-state index contributed by atoms with van der Waals surface area (Å²) in [6.07, 6.45) is 2.90. The number of carbonyl (C=O) groups is 1. The molecule has 0 radical (unpaired) electrons. The molecule has 0 spiro atoms. The zero-order chi connectivity index (χ0) is 11.4. The van der Waals surface area contributed by atoms with E-state index in [4.69, 9.17) is 15.6 Å². The van der Waals surface area contributed by atoms with Gasteiger partial charge in [0.1, 0.15) is 12.1 Å². The van der Waals surface area contributed by atoms with Gasteiger partial charge in [-0.1, -0.05) is 13.8 Å². The first-order valence-corrected chi connectivity index (χ1v) is 5.61. The van der Waals surface area contributed by atoms with Gasteiger partial charge >= 0.3 is 5.97 Å². The third-order valence-electron chi connectivity index (χ3n) is 3.33. The first-order chi connectivity index (χ1) is 7.04. The van der Waals surface area contributed by atoms with Crippen molar-refractivity contribution in [1.29, 1.82) is 0 Å². The summed E-state index contributed by atoms with van der Waals surface area (Å²) in [5.74, 6) is 0.803. The number of rotatable bonds is 3. The number of nitrogens with two attached hydrogens (primary N) is 1. The van der Waals surface area contributed by atoms with E-state index in [-0.39, 0.29) is 12.7 Å². The Bertz CT molecular complexity index is 220. The van der Waals surface area contributed by atoms with E-state index in [1.807, 2.05) is 0 Å². The van der Waals surface area contributed by atoms with Crippen LogP contribution in [0.4, 0.5) is 0 Å². The van der Waals surface area contributed by atoms with E-state index in [1.165, 1.54) is 0 Å². The molecule has 0 aromatic carbocycles. The highest BCUT2D eigenvalue weighted by Crippen LogP contribution is 2.30. The lowest BCUT2D eigenvalue weighted by atomic mass is 9.80. The summed E-state index contributed by atoms with van der Waals surface area (Å²) in [6, 6.07) is -0.889. The Morgan fingerprint density at radius 1 is 1.47 bits per heavy atom. The second-order valence-electron chi connectivity index (χ2n) is 4.62. The van der Waals surface area contributed by atoms with Crippen LogP contribution in [0.2, 0.25) is 0 Å². The fourth-order valence-electron chi connectivity index (χ4n) is 1.93. The first-order valence-electron chi connectivity index (χ1n) is 5.61. The molecule has 4 nitrogen and oxygen atoms in total. The number of hydrogen-bond donors (Lipinski definition) is 2. The Labute approximate surface area is 90.8 Å². The van der Waals surface area contributed by atoms with Crippen LogP contribution in [0.25, 0.3) is 0 Å². The molecule has 0 aromatic heterocycles. The third-order valence-corrected chi connectivity index (χ3v) is 3.33. The van der Waals surface area contributed by atoms with Gasteiger partial charge in [0.25, 0.3) is 0 Å². The van der Waals surface area contributed by atoms with Gasteiger partial charge in [-0.3, -0.25) is 4.79 Å². The number of carbonyl (C=O) groups excluding carboxylic acids is 1. The lowest BCUT2D eigenvalue weighted by Crippen LogP contribution is -2.39. The monoisotopic (exact) mass is 215 g/mol. The van der Waals surface area contributed by atoms with Crippen LogP contribution in [0.5, 0.6) is 0 Å². The van der Waals surface area contributed by atoms with Crippen LogP contribution in [0, 0.1) is 11.8 Å². The maximum absolute atomic E-state index is 11.3. The lowest BCUT2D eigenvalue weighted by Gasteiger charge is -2.32. The molecule has 3 unspecified atom stereocenters. The molecular formula is C11H21NO3. The van der Waals surface area contributed by atoms with Crippen molar-refractivity contribution in [2.24, 2.45) is 17.6 Å². The minimum atomic E-state index is -0.889. The Balaban J connectivity index is 2.36. The summed E-state index contributed by atoms with van der Waals surface area (Å²) in [6.45, 7) is 4.05. The lowest BCUT2D eigenvalue weighted by molar-refractivity contribution is -0.154. The topological polar surface area (TPSA) is 72.5 Å². The van der Waals surface area contributed by atoms with E-state index >= 15 is 0 Å². The van der Waals surface area contributed by atoms with Gasteiger partial charge in [-0.25, -0.2) is 0 Å². The molecule has 0 bridgehead atoms. The van der Waals surface area contributed by atoms with Gasteiger partial charge in [-0.05, 0) is 31.1 Å². The Hall–Kier alpha value is -0.610. The Kier molecular flexibility index (Phi) is 4.54. The molecule has 0 heterocycles. The van der Waals surface area contributed by atoms with E-state index in [0.717, 1.165) is 19.3 Å². The summed E-state index contributed by atoms with van der Waals surface area (Å²) >= 11 is 0. The summed E-state index contributed by atoms with van der Waals surface area (Å²) in [5.41, 5.74) is 5.37. The maximum Gasteiger partial charge on any atom is 0.325 e. The standard InChI is InChI=1S/C11H21NO3/c1-7-3-4-9(5-8(7)2)15-11(14)10(12)6-13/h7-10,13H,3-6,12H2,1-2H3/t7?,8?,9?,10-/m1/s1. The van der Waals surface area contributed by atoms with Gasteiger partial charge in [0.05, 0.1) is 6.61 Å². The maximum atomic E-state index is 11.3. The van der Waals surface area contributed by atoms with Crippen LogP contribution in [0.1, 0.15) is 33.1 Å². The fraction of sp³-hybridized carbons (Fsp3) is 0.909. The van der Waals surface area contributed by atoms with E-state index in [0.29, 0.717) is 11.8 Å². The summed E-state index contributed by atoms with van der Waals surface area (Å²) in [5, 5.41) is 8.70. The summed E-state index contributed by atoms with van der Waals surface area (Å²) in [4.78, 5) is 11.3. The van der Waals surface area contributed by atoms with E-state index in [2.05, 4.69) is 13.8 Å². The molecule has 4 atom stereocenters. The van der Waals surface area contributed by atoms with Crippen molar-refractivity contribution in [1.82, 2.24) is 0 Å². The smallest absolute Gasteiger partial charge is 0.325 e. The van der Waals surface area contributed by atoms with Crippen molar-refractivity contribution in [3.05, 3.63) is 0 Å². The largest absolute Gasteiger partial charge is 0.461 e. The minimum absolute atomic E-state index is 0.0127. The molecule has 0 aromatic rings. The molecule has 0 amide bonds. The van der Waals surface area contributed by atoms with Crippen LogP contribution < -0.4 is 5.73 Å². The van der Waals surface area contributed by atoms with Gasteiger partial charge < -0.3 is 15.6 Å².